The standard InChI is InChI=1S/C9H15NO/c1-6(11)10(2)9-5-7-3-4-8(7)9/h7-9H,3-5H2,1-2H3. The molecule has 0 radical (unpaired) electrons. The van der Waals surface area contributed by atoms with E-state index < -0.39 is 0 Å². The van der Waals surface area contributed by atoms with Crippen LogP contribution in [0.4, 0.5) is 0 Å². The van der Waals surface area contributed by atoms with Gasteiger partial charge in [-0.1, -0.05) is 0 Å². The Hall–Kier alpha value is -0.530. The largest absolute Gasteiger partial charge is 0.343 e. The van der Waals surface area contributed by atoms with Crippen LogP contribution in [0.2, 0.25) is 0 Å². The number of amides is 1. The lowest BCUT2D eigenvalue weighted by atomic mass is 9.56. The summed E-state index contributed by atoms with van der Waals surface area (Å²) in [5.74, 6) is 2.06. The number of nitrogens with zero attached hydrogens (tertiary/aromatic N) is 1. The second-order valence-corrected chi connectivity index (χ2v) is 3.93. The van der Waals surface area contributed by atoms with Crippen molar-refractivity contribution in [3.05, 3.63) is 0 Å². The van der Waals surface area contributed by atoms with Gasteiger partial charge in [0.25, 0.3) is 0 Å². The Labute approximate surface area is 67.6 Å². The first-order valence-electron chi connectivity index (χ1n) is 4.43. The van der Waals surface area contributed by atoms with E-state index in [1.54, 1.807) is 6.92 Å². The van der Waals surface area contributed by atoms with Crippen LogP contribution >= 0.6 is 0 Å². The summed E-state index contributed by atoms with van der Waals surface area (Å²) in [4.78, 5) is 12.9. The van der Waals surface area contributed by atoms with Crippen LogP contribution in [-0.4, -0.2) is 23.9 Å². The highest BCUT2D eigenvalue weighted by Crippen LogP contribution is 2.51. The normalized spacial score (nSPS) is 40.0. The molecule has 2 aliphatic carbocycles. The van der Waals surface area contributed by atoms with Crippen molar-refractivity contribution in [2.45, 2.75) is 32.2 Å². The molecule has 1 amide bonds. The quantitative estimate of drug-likeness (QED) is 0.555. The molecule has 2 rings (SSSR count). The lowest BCUT2D eigenvalue weighted by molar-refractivity contribution is -0.139. The molecule has 0 heterocycles. The molecule has 0 N–H and O–H groups in total. The summed E-state index contributed by atoms with van der Waals surface area (Å²) in [5, 5.41) is 0. The minimum Gasteiger partial charge on any atom is -0.343 e. The Morgan fingerprint density at radius 3 is 2.45 bits per heavy atom. The summed E-state index contributed by atoms with van der Waals surface area (Å²) in [7, 11) is 1.93. The first-order chi connectivity index (χ1) is 5.20. The zero-order chi connectivity index (χ0) is 8.01. The minimum atomic E-state index is 0.223. The van der Waals surface area contributed by atoms with E-state index in [1.807, 2.05) is 11.9 Å². The van der Waals surface area contributed by atoms with E-state index in [0.717, 1.165) is 11.8 Å². The van der Waals surface area contributed by atoms with Crippen LogP contribution in [-0.2, 0) is 4.79 Å². The van der Waals surface area contributed by atoms with Gasteiger partial charge in [0.05, 0.1) is 0 Å². The molecule has 2 nitrogen and oxygen atoms in total. The number of carbonyl (C=O) groups excluding carboxylic acids is 1. The zero-order valence-corrected chi connectivity index (χ0v) is 7.21. The summed E-state index contributed by atoms with van der Waals surface area (Å²) >= 11 is 0. The first kappa shape index (κ1) is 7.14. The molecule has 3 atom stereocenters. The first-order valence-corrected chi connectivity index (χ1v) is 4.43. The van der Waals surface area contributed by atoms with Crippen LogP contribution in [0.5, 0.6) is 0 Å². The minimum absolute atomic E-state index is 0.223. The van der Waals surface area contributed by atoms with Crippen LogP contribution in [0, 0.1) is 11.8 Å². The smallest absolute Gasteiger partial charge is 0.219 e. The molecule has 0 spiro atoms. The lowest BCUT2D eigenvalue weighted by Crippen LogP contribution is -2.57. The molecule has 0 aromatic carbocycles. The average molecular weight is 153 g/mol. The third kappa shape index (κ3) is 0.883. The Kier molecular flexibility index (Phi) is 1.44. The van der Waals surface area contributed by atoms with E-state index in [9.17, 15) is 4.79 Å². The number of fused-ring (bicyclic) bond motifs is 1. The van der Waals surface area contributed by atoms with E-state index >= 15 is 0 Å². The maximum atomic E-state index is 11.0. The molecule has 2 fully saturated rings. The van der Waals surface area contributed by atoms with Crippen molar-refractivity contribution >= 4 is 5.91 Å². The third-order valence-corrected chi connectivity index (χ3v) is 3.51. The van der Waals surface area contributed by atoms with Gasteiger partial charge in [-0.15, -0.1) is 0 Å². The van der Waals surface area contributed by atoms with Crippen molar-refractivity contribution in [1.82, 2.24) is 4.90 Å². The van der Waals surface area contributed by atoms with Gasteiger partial charge < -0.3 is 4.90 Å². The molecule has 3 unspecified atom stereocenters. The molecular weight excluding hydrogens is 138 g/mol. The summed E-state index contributed by atoms with van der Waals surface area (Å²) in [6.07, 6.45) is 4.03. The van der Waals surface area contributed by atoms with Gasteiger partial charge in [0, 0.05) is 20.0 Å². The van der Waals surface area contributed by atoms with Crippen LogP contribution < -0.4 is 0 Å². The Morgan fingerprint density at radius 2 is 2.18 bits per heavy atom. The summed E-state index contributed by atoms with van der Waals surface area (Å²) in [6.45, 7) is 1.66. The lowest BCUT2D eigenvalue weighted by Gasteiger charge is -2.55. The average Bonchev–Trinajstić information content (AvgIpc) is 1.93. The monoisotopic (exact) mass is 153 g/mol. The van der Waals surface area contributed by atoms with Crippen molar-refractivity contribution in [3.63, 3.8) is 0 Å². The summed E-state index contributed by atoms with van der Waals surface area (Å²) in [5.41, 5.74) is 0. The van der Waals surface area contributed by atoms with Gasteiger partial charge in [-0.3, -0.25) is 4.79 Å². The highest BCUT2D eigenvalue weighted by Gasteiger charge is 2.49. The second kappa shape index (κ2) is 2.23. The highest BCUT2D eigenvalue weighted by atomic mass is 16.2. The summed E-state index contributed by atoms with van der Waals surface area (Å²) < 4.78 is 0. The Bertz CT molecular complexity index is 190. The van der Waals surface area contributed by atoms with Crippen molar-refractivity contribution in [3.8, 4) is 0 Å². The molecule has 62 valence electrons. The molecule has 0 bridgehead atoms. The number of carbonyl (C=O) groups is 1. The van der Waals surface area contributed by atoms with Gasteiger partial charge in [-0.2, -0.15) is 0 Å². The fraction of sp³-hybridized carbons (Fsp3) is 0.889. The summed E-state index contributed by atoms with van der Waals surface area (Å²) in [6, 6.07) is 0.589. The van der Waals surface area contributed by atoms with E-state index in [2.05, 4.69) is 0 Å². The van der Waals surface area contributed by atoms with Crippen LogP contribution in [0.25, 0.3) is 0 Å². The van der Waals surface area contributed by atoms with Crippen molar-refractivity contribution in [2.24, 2.45) is 11.8 Å². The maximum absolute atomic E-state index is 11.0. The number of hydrogen-bond acceptors (Lipinski definition) is 1. The van der Waals surface area contributed by atoms with E-state index in [1.165, 1.54) is 19.3 Å². The Balaban J connectivity index is 1.92. The van der Waals surface area contributed by atoms with Gasteiger partial charge in [-0.25, -0.2) is 0 Å². The maximum Gasteiger partial charge on any atom is 0.219 e. The van der Waals surface area contributed by atoms with Gasteiger partial charge in [0.15, 0.2) is 0 Å². The topological polar surface area (TPSA) is 20.3 Å². The second-order valence-electron chi connectivity index (χ2n) is 3.93. The predicted octanol–water partition coefficient (Wildman–Crippen LogP) is 1.26. The predicted molar refractivity (Wildman–Crippen MR) is 43.1 cm³/mol. The van der Waals surface area contributed by atoms with Crippen molar-refractivity contribution in [1.29, 1.82) is 0 Å². The Morgan fingerprint density at radius 1 is 1.45 bits per heavy atom. The fourth-order valence-corrected chi connectivity index (χ4v) is 2.36. The molecule has 0 aromatic heterocycles. The highest BCUT2D eigenvalue weighted by molar-refractivity contribution is 5.73. The van der Waals surface area contributed by atoms with Crippen molar-refractivity contribution in [2.75, 3.05) is 7.05 Å². The third-order valence-electron chi connectivity index (χ3n) is 3.51. The molecule has 2 heteroatoms. The SMILES string of the molecule is CC(=O)N(C)C1CC2CCC21. The van der Waals surface area contributed by atoms with Gasteiger partial charge >= 0.3 is 0 Å². The number of rotatable bonds is 1. The van der Waals surface area contributed by atoms with E-state index in [0.29, 0.717) is 6.04 Å². The fourth-order valence-electron chi connectivity index (χ4n) is 2.36. The molecule has 0 aromatic rings. The molecule has 11 heavy (non-hydrogen) atoms. The van der Waals surface area contributed by atoms with Gasteiger partial charge in [-0.05, 0) is 31.1 Å². The number of hydrogen-bond donors (Lipinski definition) is 0. The molecule has 0 saturated heterocycles. The van der Waals surface area contributed by atoms with Crippen LogP contribution in [0.15, 0.2) is 0 Å². The van der Waals surface area contributed by atoms with Gasteiger partial charge in [0.2, 0.25) is 5.91 Å². The van der Waals surface area contributed by atoms with Crippen LogP contribution in [0.1, 0.15) is 26.2 Å². The van der Waals surface area contributed by atoms with Crippen LogP contribution in [0.3, 0.4) is 0 Å². The van der Waals surface area contributed by atoms with E-state index in [-0.39, 0.29) is 5.91 Å². The molecule has 2 saturated carbocycles. The van der Waals surface area contributed by atoms with Crippen molar-refractivity contribution < 1.29 is 4.79 Å². The molecule has 0 aliphatic heterocycles. The molecule has 2 aliphatic rings. The zero-order valence-electron chi connectivity index (χ0n) is 7.21. The molecular formula is C9H15NO. The van der Waals surface area contributed by atoms with E-state index in [4.69, 9.17) is 0 Å². The van der Waals surface area contributed by atoms with Gasteiger partial charge in [0.1, 0.15) is 0 Å².